The Morgan fingerprint density at radius 1 is 1.55 bits per heavy atom. The quantitative estimate of drug-likeness (QED) is 0.565. The van der Waals surface area contributed by atoms with E-state index in [4.69, 9.17) is 19.6 Å². The molecule has 0 saturated heterocycles. The molecule has 0 aromatic heterocycles. The average Bonchev–Trinajstić information content (AvgIpc) is 2.20. The first-order valence-corrected chi connectivity index (χ1v) is 2.71. The highest BCUT2D eigenvalue weighted by atomic mass is 16.5. The molecule has 0 fully saturated rings. The van der Waals surface area contributed by atoms with Crippen molar-refractivity contribution >= 4 is 12.6 Å². The van der Waals surface area contributed by atoms with Gasteiger partial charge in [0.25, 0.3) is 0 Å². The van der Waals surface area contributed by atoms with Gasteiger partial charge in [-0.2, -0.15) is 0 Å². The Bertz CT molecular complexity index is 473. The Labute approximate surface area is 75.2 Å². The lowest BCUT2D eigenvalue weighted by Gasteiger charge is -2.05. The normalized spacial score (nSPS) is 19.6. The van der Waals surface area contributed by atoms with Crippen molar-refractivity contribution in [2.24, 2.45) is 0 Å². The van der Waals surface area contributed by atoms with Crippen LogP contribution < -0.4 is 10.2 Å². The molecule has 1 rings (SSSR count). The molecule has 0 amide bonds. The molecule has 0 atom stereocenters. The number of rotatable bonds is 2. The number of hydrogen-bond donors (Lipinski definition) is 2. The molecule has 0 bridgehead atoms. The Morgan fingerprint density at radius 2 is 2.27 bits per heavy atom. The molecule has 1 aromatic rings. The van der Waals surface area contributed by atoms with Gasteiger partial charge in [0.1, 0.15) is 5.75 Å². The maximum absolute atomic E-state index is 9.07. The van der Waals surface area contributed by atoms with Crippen LogP contribution in [0.4, 0.5) is 0 Å². The fourth-order valence-corrected chi connectivity index (χ4v) is 0.573. The van der Waals surface area contributed by atoms with Crippen molar-refractivity contribution in [3.05, 3.63) is 24.2 Å². The second-order valence-corrected chi connectivity index (χ2v) is 1.72. The summed E-state index contributed by atoms with van der Waals surface area (Å²) in [5.74, 6) is -0.795. The van der Waals surface area contributed by atoms with Gasteiger partial charge in [0, 0.05) is 5.46 Å². The molecule has 0 aliphatic heterocycles. The van der Waals surface area contributed by atoms with Crippen LogP contribution in [0.15, 0.2) is 24.2 Å². The molecule has 2 N–H and O–H groups in total. The zero-order valence-corrected chi connectivity index (χ0v) is 5.38. The van der Waals surface area contributed by atoms with Crippen LogP contribution in [-0.4, -0.2) is 24.2 Å². The topological polar surface area (TPSA) is 49.7 Å². The summed E-state index contributed by atoms with van der Waals surface area (Å²) in [5.41, 5.74) is -0.711. The van der Waals surface area contributed by atoms with Crippen LogP contribution in [0.2, 0.25) is 0 Å². The lowest BCUT2D eigenvalue weighted by atomic mass is 9.80. The molecule has 4 heteroatoms. The second-order valence-electron chi connectivity index (χ2n) is 1.72. The Hall–Kier alpha value is -0.995. The molecule has 0 aliphatic rings. The number of benzene rings is 1. The molecule has 0 aliphatic carbocycles. The van der Waals surface area contributed by atoms with Crippen LogP contribution in [-0.2, 0) is 0 Å². The van der Waals surface area contributed by atoms with Gasteiger partial charge >= 0.3 is 7.12 Å². The SMILES string of the molecule is [2H]c1c([2H])c([2H])c(B(O)O)c(OC([2H])([2H])[2H])c1[2H]. The van der Waals surface area contributed by atoms with Gasteiger partial charge in [0.2, 0.25) is 0 Å². The van der Waals surface area contributed by atoms with Crippen molar-refractivity contribution in [2.45, 2.75) is 0 Å². The molecule has 0 radical (unpaired) electrons. The van der Waals surface area contributed by atoms with E-state index in [9.17, 15) is 0 Å². The summed E-state index contributed by atoms with van der Waals surface area (Å²) < 4.78 is 54.7. The smallest absolute Gasteiger partial charge is 0.492 e. The molecular formula is C7H9BO3. The third-order valence-corrected chi connectivity index (χ3v) is 1.04. The summed E-state index contributed by atoms with van der Waals surface area (Å²) in [6.07, 6.45) is 0. The van der Waals surface area contributed by atoms with Crippen LogP contribution in [0.3, 0.4) is 0 Å². The maximum atomic E-state index is 9.07. The summed E-state index contributed by atoms with van der Waals surface area (Å²) in [6, 6.07) is -2.97. The summed E-state index contributed by atoms with van der Waals surface area (Å²) in [6.45, 7) is 0. The van der Waals surface area contributed by atoms with Crippen molar-refractivity contribution in [3.63, 3.8) is 0 Å². The summed E-state index contributed by atoms with van der Waals surface area (Å²) in [5, 5.41) is 18.1. The van der Waals surface area contributed by atoms with Crippen LogP contribution in [0.1, 0.15) is 9.60 Å². The van der Waals surface area contributed by atoms with Gasteiger partial charge in [-0.3, -0.25) is 0 Å². The lowest BCUT2D eigenvalue weighted by Crippen LogP contribution is -2.30. The van der Waals surface area contributed by atoms with Crippen LogP contribution in [0.25, 0.3) is 0 Å². The van der Waals surface area contributed by atoms with Crippen LogP contribution >= 0.6 is 0 Å². The van der Waals surface area contributed by atoms with Crippen LogP contribution in [0.5, 0.6) is 5.75 Å². The van der Waals surface area contributed by atoms with E-state index in [2.05, 4.69) is 4.74 Å². The molecule has 0 heterocycles. The molecule has 0 spiro atoms. The van der Waals surface area contributed by atoms with E-state index in [-0.39, 0.29) is 0 Å². The predicted octanol–water partition coefficient (Wildman–Crippen LogP) is -0.625. The number of methoxy groups -OCH3 is 1. The minimum absolute atomic E-state index is 0.707. The van der Waals surface area contributed by atoms with Gasteiger partial charge in [-0.1, -0.05) is 18.1 Å². The van der Waals surface area contributed by atoms with Gasteiger partial charge in [0.15, 0.2) is 0 Å². The van der Waals surface area contributed by atoms with E-state index >= 15 is 0 Å². The van der Waals surface area contributed by atoms with Crippen molar-refractivity contribution in [1.29, 1.82) is 0 Å². The van der Waals surface area contributed by atoms with E-state index in [0.717, 1.165) is 0 Å². The fraction of sp³-hybridized carbons (Fsp3) is 0.143. The van der Waals surface area contributed by atoms with E-state index in [1.807, 2.05) is 0 Å². The Kier molecular flexibility index (Phi) is 0.870. The van der Waals surface area contributed by atoms with Gasteiger partial charge in [-0.25, -0.2) is 0 Å². The predicted molar refractivity (Wildman–Crippen MR) is 42.8 cm³/mol. The van der Waals surface area contributed by atoms with E-state index in [0.29, 0.717) is 0 Å². The van der Waals surface area contributed by atoms with Gasteiger partial charge in [-0.05, 0) is 6.04 Å². The second kappa shape index (κ2) is 3.41. The first-order chi connectivity index (χ1) is 8.06. The Balaban J connectivity index is 3.56. The first-order valence-electron chi connectivity index (χ1n) is 6.21. The fourth-order valence-electron chi connectivity index (χ4n) is 0.573. The maximum Gasteiger partial charge on any atom is 0.492 e. The highest BCUT2D eigenvalue weighted by molar-refractivity contribution is 6.59. The number of para-hydroxylation sites is 1. The molecular weight excluding hydrogens is 143 g/mol. The van der Waals surface area contributed by atoms with E-state index in [1.165, 1.54) is 0 Å². The minimum Gasteiger partial charge on any atom is -0.497 e. The van der Waals surface area contributed by atoms with Crippen molar-refractivity contribution in [3.8, 4) is 5.75 Å². The molecule has 1 aromatic carbocycles. The summed E-state index contributed by atoms with van der Waals surface area (Å²) in [4.78, 5) is 0. The zero-order chi connectivity index (χ0) is 14.2. The van der Waals surface area contributed by atoms with Gasteiger partial charge in [0.05, 0.1) is 16.6 Å². The molecule has 0 unspecified atom stereocenters. The largest absolute Gasteiger partial charge is 0.497 e. The Morgan fingerprint density at radius 3 is 2.91 bits per heavy atom. The summed E-state index contributed by atoms with van der Waals surface area (Å²) >= 11 is 0. The molecule has 3 nitrogen and oxygen atoms in total. The third-order valence-electron chi connectivity index (χ3n) is 1.04. The van der Waals surface area contributed by atoms with Crippen molar-refractivity contribution in [2.75, 3.05) is 7.04 Å². The number of ether oxygens (including phenoxy) is 1. The van der Waals surface area contributed by atoms with Gasteiger partial charge in [-0.15, -0.1) is 0 Å². The monoisotopic (exact) mass is 159 g/mol. The van der Waals surface area contributed by atoms with Crippen LogP contribution in [0, 0.1) is 0 Å². The van der Waals surface area contributed by atoms with E-state index < -0.39 is 49.5 Å². The minimum atomic E-state index is -2.97. The standard InChI is InChI=1S/C7H9BO3/c1-11-7-5-3-2-4-6(7)8(9)10/h2-5,9-10H,1H3/i1D3,2D,3D,4D,5D. The summed E-state index contributed by atoms with van der Waals surface area (Å²) in [7, 11) is -5.24. The molecule has 58 valence electrons. The first kappa shape index (κ1) is 2.81. The van der Waals surface area contributed by atoms with Crippen molar-refractivity contribution < 1.29 is 24.4 Å². The molecule has 11 heavy (non-hydrogen) atoms. The van der Waals surface area contributed by atoms with Crippen molar-refractivity contribution in [1.82, 2.24) is 0 Å². The molecule has 0 saturated carbocycles. The highest BCUT2D eigenvalue weighted by Crippen LogP contribution is 2.04. The average molecular weight is 159 g/mol. The zero-order valence-electron chi connectivity index (χ0n) is 12.4. The lowest BCUT2D eigenvalue weighted by molar-refractivity contribution is 0.403. The number of hydrogen-bond acceptors (Lipinski definition) is 3. The highest BCUT2D eigenvalue weighted by Gasteiger charge is 2.14. The van der Waals surface area contributed by atoms with E-state index in [1.54, 1.807) is 0 Å². The van der Waals surface area contributed by atoms with Gasteiger partial charge < -0.3 is 14.8 Å². The third kappa shape index (κ3) is 1.72.